The minimum Gasteiger partial charge on any atom is -1.00 e. The van der Waals surface area contributed by atoms with E-state index in [4.69, 9.17) is 9.94 Å². The summed E-state index contributed by atoms with van der Waals surface area (Å²) in [6, 6.07) is 0. The van der Waals surface area contributed by atoms with Gasteiger partial charge in [-0.05, 0) is 0 Å². The minimum absolute atomic E-state index is 0. The highest BCUT2D eigenvalue weighted by Gasteiger charge is 2.12. The summed E-state index contributed by atoms with van der Waals surface area (Å²) in [5.41, 5.74) is 0. The van der Waals surface area contributed by atoms with E-state index >= 15 is 0 Å². The maximum absolute atomic E-state index is 10.0. The van der Waals surface area contributed by atoms with E-state index in [-0.39, 0.29) is 32.3 Å². The Hall–Kier alpha value is -1.67. The molecule has 0 aliphatic rings. The van der Waals surface area contributed by atoms with Crippen LogP contribution < -0.4 is 17.0 Å². The van der Waals surface area contributed by atoms with Gasteiger partial charge in [-0.25, -0.2) is 9.13 Å². The van der Waals surface area contributed by atoms with Gasteiger partial charge in [0.25, 0.3) is 0 Å². The lowest BCUT2D eigenvalue weighted by molar-refractivity contribution is -0.672. The third kappa shape index (κ3) is 4.79. The smallest absolute Gasteiger partial charge is 0.305 e. The fourth-order valence-electron chi connectivity index (χ4n) is 1.16. The van der Waals surface area contributed by atoms with Crippen LogP contribution in [0.3, 0.4) is 0 Å². The van der Waals surface area contributed by atoms with E-state index < -0.39 is 4.92 Å². The zero-order valence-electron chi connectivity index (χ0n) is 9.19. The molecule has 1 heterocycles. The molecule has 0 fully saturated rings. The molecule has 1 aromatic rings. The standard InChI is InChI=1S/C8H12N4O4.ClH/c1-10-2-3-11(8(10)6-9-13)7-16-5-4-12(14)15;/h2-3,6H,4-5,7H2,1H3;1H. The van der Waals surface area contributed by atoms with Crippen molar-refractivity contribution in [1.29, 1.82) is 0 Å². The van der Waals surface area contributed by atoms with Crippen LogP contribution in [0.2, 0.25) is 0 Å². The van der Waals surface area contributed by atoms with Crippen molar-refractivity contribution in [3.63, 3.8) is 0 Å². The largest absolute Gasteiger partial charge is 1.00 e. The molecule has 9 heteroatoms. The monoisotopic (exact) mass is 264 g/mol. The first kappa shape index (κ1) is 15.3. The molecule has 0 saturated carbocycles. The Labute approximate surface area is 104 Å². The molecule has 0 bridgehead atoms. The van der Waals surface area contributed by atoms with Crippen LogP contribution in [0.25, 0.3) is 0 Å². The van der Waals surface area contributed by atoms with Gasteiger partial charge in [0.1, 0.15) is 19.0 Å². The van der Waals surface area contributed by atoms with Crippen LogP contribution in [0.15, 0.2) is 17.5 Å². The maximum atomic E-state index is 10.0. The fourth-order valence-corrected chi connectivity index (χ4v) is 1.16. The summed E-state index contributed by atoms with van der Waals surface area (Å²) in [6.07, 6.45) is 4.74. The predicted octanol–water partition coefficient (Wildman–Crippen LogP) is -3.62. The van der Waals surface area contributed by atoms with Crippen LogP contribution in [0.5, 0.6) is 0 Å². The lowest BCUT2D eigenvalue weighted by Crippen LogP contribution is -3.00. The number of ether oxygens (including phenoxy) is 1. The highest BCUT2D eigenvalue weighted by atomic mass is 35.5. The van der Waals surface area contributed by atoms with Gasteiger partial charge in [0.15, 0.2) is 12.9 Å². The SMILES string of the molecule is C[n+]1ccn(COCC[N+](=O)[O-])c1/C=N/O.[Cl-]. The van der Waals surface area contributed by atoms with Crippen molar-refractivity contribution in [2.75, 3.05) is 13.2 Å². The Bertz CT molecular complexity index is 393. The summed E-state index contributed by atoms with van der Waals surface area (Å²) in [5.74, 6) is 0.628. The zero-order valence-corrected chi connectivity index (χ0v) is 9.95. The molecule has 0 aliphatic heterocycles. The van der Waals surface area contributed by atoms with E-state index in [1.165, 1.54) is 6.21 Å². The van der Waals surface area contributed by atoms with E-state index in [1.54, 1.807) is 28.6 Å². The van der Waals surface area contributed by atoms with Gasteiger partial charge in [-0.15, -0.1) is 0 Å². The third-order valence-corrected chi connectivity index (χ3v) is 1.95. The Morgan fingerprint density at radius 3 is 3.06 bits per heavy atom. The Balaban J connectivity index is 0.00000256. The van der Waals surface area contributed by atoms with E-state index in [1.807, 2.05) is 0 Å². The average Bonchev–Trinajstić information content (AvgIpc) is 2.56. The molecule has 96 valence electrons. The number of oxime groups is 1. The highest BCUT2D eigenvalue weighted by molar-refractivity contribution is 5.72. The molecule has 0 spiro atoms. The number of aromatic nitrogens is 2. The molecule has 0 unspecified atom stereocenters. The van der Waals surface area contributed by atoms with Crippen LogP contribution in [0.1, 0.15) is 5.82 Å². The summed E-state index contributed by atoms with van der Waals surface area (Å²) in [6.45, 7) is -0.00253. The molecule has 0 saturated heterocycles. The van der Waals surface area contributed by atoms with Crippen LogP contribution in [0.4, 0.5) is 0 Å². The van der Waals surface area contributed by atoms with Crippen molar-refractivity contribution in [2.45, 2.75) is 6.73 Å². The number of imidazole rings is 1. The number of nitro groups is 1. The van der Waals surface area contributed by atoms with Gasteiger partial charge in [-0.1, -0.05) is 5.16 Å². The van der Waals surface area contributed by atoms with Crippen LogP contribution >= 0.6 is 0 Å². The third-order valence-electron chi connectivity index (χ3n) is 1.95. The molecular weight excluding hydrogens is 252 g/mol. The van der Waals surface area contributed by atoms with Crippen LogP contribution in [-0.4, -0.2) is 34.1 Å². The van der Waals surface area contributed by atoms with Crippen molar-refractivity contribution in [2.24, 2.45) is 12.2 Å². The van der Waals surface area contributed by atoms with Crippen LogP contribution in [-0.2, 0) is 18.5 Å². The predicted molar refractivity (Wildman–Crippen MR) is 52.8 cm³/mol. The molecule has 0 aliphatic carbocycles. The molecule has 1 N–H and O–H groups in total. The first-order chi connectivity index (χ1) is 7.65. The molecular formula is C8H13ClN4O4. The number of aryl methyl sites for hydroxylation is 1. The highest BCUT2D eigenvalue weighted by Crippen LogP contribution is 1.93. The first-order valence-electron chi connectivity index (χ1n) is 4.57. The van der Waals surface area contributed by atoms with Crippen LogP contribution in [0, 0.1) is 10.1 Å². The molecule has 0 aromatic carbocycles. The number of hydrogen-bond acceptors (Lipinski definition) is 5. The lowest BCUT2D eigenvalue weighted by atomic mass is 10.6. The van der Waals surface area contributed by atoms with Crippen molar-refractivity contribution in [1.82, 2.24) is 4.57 Å². The molecule has 17 heavy (non-hydrogen) atoms. The van der Waals surface area contributed by atoms with Crippen molar-refractivity contribution in [3.05, 3.63) is 28.3 Å². The second-order valence-corrected chi connectivity index (χ2v) is 3.08. The average molecular weight is 265 g/mol. The summed E-state index contributed by atoms with van der Waals surface area (Å²) in [5, 5.41) is 21.4. The Kier molecular flexibility index (Phi) is 6.83. The Morgan fingerprint density at radius 2 is 2.47 bits per heavy atom. The van der Waals surface area contributed by atoms with E-state index in [9.17, 15) is 10.1 Å². The van der Waals surface area contributed by atoms with Gasteiger partial charge in [0.05, 0.1) is 7.05 Å². The van der Waals surface area contributed by atoms with Gasteiger partial charge in [-0.3, -0.25) is 10.1 Å². The van der Waals surface area contributed by atoms with Crippen molar-refractivity contribution in [3.8, 4) is 0 Å². The van der Waals surface area contributed by atoms with Gasteiger partial charge < -0.3 is 22.4 Å². The molecule has 1 aromatic heterocycles. The number of halogens is 1. The molecule has 0 amide bonds. The number of rotatable bonds is 6. The molecule has 0 atom stereocenters. The summed E-state index contributed by atoms with van der Waals surface area (Å²) < 4.78 is 8.49. The van der Waals surface area contributed by atoms with E-state index in [0.29, 0.717) is 5.82 Å². The van der Waals surface area contributed by atoms with Gasteiger partial charge in [0, 0.05) is 4.92 Å². The fraction of sp³-hybridized carbons (Fsp3) is 0.500. The van der Waals surface area contributed by atoms with Crippen molar-refractivity contribution >= 4 is 6.21 Å². The summed E-state index contributed by atoms with van der Waals surface area (Å²) in [7, 11) is 1.78. The topological polar surface area (TPSA) is 93.8 Å². The maximum Gasteiger partial charge on any atom is 0.305 e. The van der Waals surface area contributed by atoms with E-state index in [0.717, 1.165) is 0 Å². The number of nitrogens with zero attached hydrogens (tertiary/aromatic N) is 4. The first-order valence-corrected chi connectivity index (χ1v) is 4.57. The molecule has 1 rings (SSSR count). The van der Waals surface area contributed by atoms with E-state index in [2.05, 4.69) is 5.16 Å². The minimum atomic E-state index is -0.439. The zero-order chi connectivity index (χ0) is 12.0. The van der Waals surface area contributed by atoms with Gasteiger partial charge in [0.2, 0.25) is 6.54 Å². The second kappa shape index (κ2) is 7.58. The lowest BCUT2D eigenvalue weighted by Gasteiger charge is -1.99. The number of hydrogen-bond donors (Lipinski definition) is 1. The molecule has 0 radical (unpaired) electrons. The van der Waals surface area contributed by atoms with Crippen molar-refractivity contribution < 1.29 is 31.8 Å². The van der Waals surface area contributed by atoms with Gasteiger partial charge in [-0.2, -0.15) is 0 Å². The normalized spacial score (nSPS) is 10.4. The Morgan fingerprint density at radius 1 is 1.76 bits per heavy atom. The quantitative estimate of drug-likeness (QED) is 0.143. The van der Waals surface area contributed by atoms with Gasteiger partial charge >= 0.3 is 5.82 Å². The summed E-state index contributed by atoms with van der Waals surface area (Å²) in [4.78, 5) is 9.61. The summed E-state index contributed by atoms with van der Waals surface area (Å²) >= 11 is 0. The molecule has 8 nitrogen and oxygen atoms in total. The second-order valence-electron chi connectivity index (χ2n) is 3.08.